The van der Waals surface area contributed by atoms with Gasteiger partial charge in [-0.05, 0) is 60.3 Å². The maximum absolute atomic E-state index is 13.9. The Bertz CT molecular complexity index is 1170. The maximum Gasteiger partial charge on any atom is 0.220 e. The number of amides is 1. The molecule has 32 heavy (non-hydrogen) atoms. The highest BCUT2D eigenvalue weighted by atomic mass is 32.1. The van der Waals surface area contributed by atoms with Crippen LogP contribution in [0.2, 0.25) is 0 Å². The van der Waals surface area contributed by atoms with E-state index in [0.717, 1.165) is 34.8 Å². The van der Waals surface area contributed by atoms with Crippen molar-refractivity contribution in [3.05, 3.63) is 88.5 Å². The third-order valence-electron chi connectivity index (χ3n) is 5.08. The quantitative estimate of drug-likeness (QED) is 0.390. The van der Waals surface area contributed by atoms with Crippen molar-refractivity contribution >= 4 is 17.2 Å². The lowest BCUT2D eigenvalue weighted by Crippen LogP contribution is -2.25. The number of hydrogen-bond donors (Lipinski definition) is 1. The van der Waals surface area contributed by atoms with E-state index in [1.807, 2.05) is 47.8 Å². The summed E-state index contributed by atoms with van der Waals surface area (Å²) in [6, 6.07) is 19.9. The van der Waals surface area contributed by atoms with E-state index in [1.165, 1.54) is 17.0 Å². The third-order valence-corrected chi connectivity index (χ3v) is 6.02. The number of rotatable bonds is 9. The molecular formula is C25H24FN3O2S. The van der Waals surface area contributed by atoms with Crippen molar-refractivity contribution in [3.8, 4) is 22.7 Å². The van der Waals surface area contributed by atoms with Crippen molar-refractivity contribution in [2.24, 2.45) is 0 Å². The lowest BCUT2D eigenvalue weighted by molar-refractivity contribution is -0.121. The van der Waals surface area contributed by atoms with Crippen LogP contribution in [0.1, 0.15) is 17.0 Å². The fraction of sp³-hybridized carbons (Fsp3) is 0.200. The van der Waals surface area contributed by atoms with Crippen molar-refractivity contribution in [1.29, 1.82) is 0 Å². The Kier molecular flexibility index (Phi) is 6.97. The first-order chi connectivity index (χ1) is 15.6. The summed E-state index contributed by atoms with van der Waals surface area (Å²) in [5.41, 5.74) is 3.09. The molecule has 0 aliphatic carbocycles. The van der Waals surface area contributed by atoms with Crippen molar-refractivity contribution in [1.82, 2.24) is 15.1 Å². The van der Waals surface area contributed by atoms with Crippen LogP contribution >= 0.6 is 11.3 Å². The van der Waals surface area contributed by atoms with Gasteiger partial charge in [0.15, 0.2) is 0 Å². The van der Waals surface area contributed by atoms with Gasteiger partial charge in [0.25, 0.3) is 0 Å². The van der Waals surface area contributed by atoms with Gasteiger partial charge in [0.1, 0.15) is 11.6 Å². The summed E-state index contributed by atoms with van der Waals surface area (Å²) < 4.78 is 20.9. The van der Waals surface area contributed by atoms with Gasteiger partial charge in [-0.2, -0.15) is 5.10 Å². The van der Waals surface area contributed by atoms with Crippen LogP contribution < -0.4 is 10.1 Å². The van der Waals surface area contributed by atoms with E-state index in [-0.39, 0.29) is 11.7 Å². The second kappa shape index (κ2) is 10.2. The summed E-state index contributed by atoms with van der Waals surface area (Å²) >= 11 is 1.69. The molecule has 164 valence electrons. The number of benzene rings is 2. The molecule has 0 aliphatic heterocycles. The van der Waals surface area contributed by atoms with Gasteiger partial charge in [-0.3, -0.25) is 4.79 Å². The average molecular weight is 450 g/mol. The monoisotopic (exact) mass is 449 g/mol. The molecule has 0 aliphatic rings. The van der Waals surface area contributed by atoms with Crippen molar-refractivity contribution in [2.45, 2.75) is 19.3 Å². The number of nitrogens with one attached hydrogen (secondary N) is 1. The fourth-order valence-corrected chi connectivity index (χ4v) is 4.14. The second-order valence-corrected chi connectivity index (χ2v) is 8.35. The first-order valence-corrected chi connectivity index (χ1v) is 11.3. The van der Waals surface area contributed by atoms with Gasteiger partial charge < -0.3 is 10.1 Å². The van der Waals surface area contributed by atoms with Crippen LogP contribution in [0, 0.1) is 5.82 Å². The van der Waals surface area contributed by atoms with Gasteiger partial charge in [0.05, 0.1) is 24.2 Å². The Morgan fingerprint density at radius 3 is 2.66 bits per heavy atom. The maximum atomic E-state index is 13.9. The van der Waals surface area contributed by atoms with E-state index in [1.54, 1.807) is 29.2 Å². The lowest BCUT2D eigenvalue weighted by atomic mass is 10.1. The number of aryl methyl sites for hydroxylation is 1. The largest absolute Gasteiger partial charge is 0.497 e. The summed E-state index contributed by atoms with van der Waals surface area (Å²) in [6.07, 6.45) is 1.67. The van der Waals surface area contributed by atoms with Crippen LogP contribution in [0.5, 0.6) is 5.75 Å². The molecule has 0 bridgehead atoms. The number of aromatic nitrogens is 2. The minimum absolute atomic E-state index is 0.00661. The van der Waals surface area contributed by atoms with Crippen LogP contribution in [0.15, 0.2) is 72.1 Å². The summed E-state index contributed by atoms with van der Waals surface area (Å²) in [6.45, 7) is 0.619. The third kappa shape index (κ3) is 5.42. The molecular weight excluding hydrogens is 425 g/mol. The molecule has 0 fully saturated rings. The van der Waals surface area contributed by atoms with Gasteiger partial charge in [-0.15, -0.1) is 11.3 Å². The average Bonchev–Trinajstić information content (AvgIpc) is 3.48. The van der Waals surface area contributed by atoms with Gasteiger partial charge in [-0.25, -0.2) is 9.07 Å². The minimum Gasteiger partial charge on any atom is -0.497 e. The zero-order valence-corrected chi connectivity index (χ0v) is 18.6. The summed E-state index contributed by atoms with van der Waals surface area (Å²) in [7, 11) is 1.62. The van der Waals surface area contributed by atoms with E-state index < -0.39 is 0 Å². The van der Waals surface area contributed by atoms with E-state index in [0.29, 0.717) is 19.4 Å². The summed E-state index contributed by atoms with van der Waals surface area (Å²) in [5.74, 6) is 0.428. The molecule has 2 aromatic carbocycles. The molecule has 0 radical (unpaired) electrons. The van der Waals surface area contributed by atoms with Crippen molar-refractivity contribution < 1.29 is 13.9 Å². The Labute approximate surface area is 190 Å². The predicted octanol–water partition coefficient (Wildman–Crippen LogP) is 5.04. The van der Waals surface area contributed by atoms with E-state index in [9.17, 15) is 9.18 Å². The first-order valence-electron chi connectivity index (χ1n) is 10.4. The number of nitrogens with zero attached hydrogens (tertiary/aromatic N) is 2. The molecule has 4 rings (SSSR count). The van der Waals surface area contributed by atoms with Gasteiger partial charge in [0.2, 0.25) is 5.91 Å². The summed E-state index contributed by atoms with van der Waals surface area (Å²) in [4.78, 5) is 13.5. The van der Waals surface area contributed by atoms with Crippen LogP contribution in [-0.4, -0.2) is 29.3 Å². The molecule has 0 spiro atoms. The molecule has 1 amide bonds. The molecule has 1 N–H and O–H groups in total. The number of halogens is 1. The number of methoxy groups -OCH3 is 1. The molecule has 0 unspecified atom stereocenters. The molecule has 0 saturated carbocycles. The van der Waals surface area contributed by atoms with Gasteiger partial charge in [0, 0.05) is 29.8 Å². The topological polar surface area (TPSA) is 56.2 Å². The second-order valence-electron chi connectivity index (χ2n) is 7.32. The molecule has 5 nitrogen and oxygen atoms in total. The predicted molar refractivity (Wildman–Crippen MR) is 125 cm³/mol. The van der Waals surface area contributed by atoms with Crippen LogP contribution in [0.3, 0.4) is 0 Å². The number of carbonyl (C=O) groups is 1. The zero-order chi connectivity index (χ0) is 22.3. The Balaban J connectivity index is 1.49. The van der Waals surface area contributed by atoms with Crippen LogP contribution in [0.25, 0.3) is 16.9 Å². The smallest absolute Gasteiger partial charge is 0.220 e. The van der Waals surface area contributed by atoms with E-state index >= 15 is 0 Å². The number of thiophene rings is 1. The lowest BCUT2D eigenvalue weighted by Gasteiger charge is -2.08. The van der Waals surface area contributed by atoms with Crippen LogP contribution in [-0.2, 0) is 17.6 Å². The summed E-state index contributed by atoms with van der Waals surface area (Å²) in [5, 5.41) is 9.71. The number of carbonyl (C=O) groups excluding carboxylic acids is 1. The van der Waals surface area contributed by atoms with Gasteiger partial charge in [-0.1, -0.05) is 18.2 Å². The molecule has 2 aromatic heterocycles. The minimum atomic E-state index is -0.309. The Morgan fingerprint density at radius 2 is 1.94 bits per heavy atom. The SMILES string of the molecule is COc1ccc(-n2nc(CCC(=O)NCCc3cccs3)cc2-c2cccc(F)c2)cc1. The Hall–Kier alpha value is -3.45. The zero-order valence-electron chi connectivity index (χ0n) is 17.8. The normalized spacial score (nSPS) is 10.8. The van der Waals surface area contributed by atoms with E-state index in [4.69, 9.17) is 9.84 Å². The standard InChI is InChI=1S/C25H24FN3O2S/c1-31-22-10-8-21(9-11-22)29-24(18-4-2-5-19(26)16-18)17-20(28-29)7-12-25(30)27-14-13-23-6-3-15-32-23/h2-6,8-11,15-17H,7,12-14H2,1H3,(H,27,30). The Morgan fingerprint density at radius 1 is 1.09 bits per heavy atom. The van der Waals surface area contributed by atoms with Crippen molar-refractivity contribution in [3.63, 3.8) is 0 Å². The fourth-order valence-electron chi connectivity index (χ4n) is 3.44. The highest BCUT2D eigenvalue weighted by Gasteiger charge is 2.14. The number of ether oxygens (including phenoxy) is 1. The first kappa shape index (κ1) is 21.8. The van der Waals surface area contributed by atoms with Crippen LogP contribution in [0.4, 0.5) is 4.39 Å². The number of hydrogen-bond acceptors (Lipinski definition) is 4. The van der Waals surface area contributed by atoms with Crippen molar-refractivity contribution in [2.75, 3.05) is 13.7 Å². The highest BCUT2D eigenvalue weighted by molar-refractivity contribution is 7.09. The molecule has 0 saturated heterocycles. The molecule has 7 heteroatoms. The highest BCUT2D eigenvalue weighted by Crippen LogP contribution is 2.26. The molecule has 0 atom stereocenters. The molecule has 4 aromatic rings. The van der Waals surface area contributed by atoms with E-state index in [2.05, 4.69) is 11.4 Å². The molecule has 2 heterocycles. The van der Waals surface area contributed by atoms with Gasteiger partial charge >= 0.3 is 0 Å².